The van der Waals surface area contributed by atoms with E-state index in [0.29, 0.717) is 31.0 Å². The molecule has 2 rings (SSSR count). The third-order valence-corrected chi connectivity index (χ3v) is 5.15. The minimum Gasteiger partial charge on any atom is -0.492 e. The van der Waals surface area contributed by atoms with E-state index in [0.717, 1.165) is 29.2 Å². The minimum absolute atomic E-state index is 0.307. The first kappa shape index (κ1) is 27.4. The smallest absolute Gasteiger partial charge is 0.319 e. The SMILES string of the molecule is C=C(Nc1ccc(NC(=O)NCCC(C)(C)C#N)cc1)c1ccc(OCCN(C)C)cc1N=CC. The van der Waals surface area contributed by atoms with Gasteiger partial charge in [0, 0.05) is 48.0 Å². The van der Waals surface area contributed by atoms with Crippen LogP contribution in [0.2, 0.25) is 0 Å². The lowest BCUT2D eigenvalue weighted by molar-refractivity contribution is 0.251. The normalized spacial score (nSPS) is 11.2. The first-order chi connectivity index (χ1) is 16.6. The third kappa shape index (κ3) is 9.51. The molecule has 0 spiro atoms. The molecule has 0 heterocycles. The van der Waals surface area contributed by atoms with Crippen LogP contribution in [0.4, 0.5) is 21.9 Å². The van der Waals surface area contributed by atoms with Crippen LogP contribution in [-0.4, -0.2) is 50.9 Å². The fraction of sp³-hybridized carbons (Fsp3) is 0.370. The number of amides is 2. The highest BCUT2D eigenvalue weighted by molar-refractivity contribution is 5.90. The van der Waals surface area contributed by atoms with E-state index in [9.17, 15) is 4.79 Å². The summed E-state index contributed by atoms with van der Waals surface area (Å²) in [5.41, 5.74) is 3.35. The Morgan fingerprint density at radius 1 is 1.17 bits per heavy atom. The van der Waals surface area contributed by atoms with Gasteiger partial charge in [0.15, 0.2) is 0 Å². The Kier molecular flexibility index (Phi) is 10.3. The highest BCUT2D eigenvalue weighted by Crippen LogP contribution is 2.31. The minimum atomic E-state index is -0.468. The zero-order chi connectivity index (χ0) is 25.8. The van der Waals surface area contributed by atoms with Crippen molar-refractivity contribution in [3.05, 3.63) is 54.6 Å². The molecule has 8 heteroatoms. The molecule has 0 saturated heterocycles. The number of ether oxygens (including phenoxy) is 1. The second kappa shape index (κ2) is 13.2. The molecule has 0 atom stereocenters. The van der Waals surface area contributed by atoms with E-state index >= 15 is 0 Å². The van der Waals surface area contributed by atoms with Crippen molar-refractivity contribution in [3.8, 4) is 11.8 Å². The Bertz CT molecular complexity index is 1070. The van der Waals surface area contributed by atoms with E-state index in [2.05, 4.69) is 38.5 Å². The quantitative estimate of drug-likeness (QED) is 0.352. The number of anilines is 2. The number of carbonyl (C=O) groups excluding carboxylic acids is 1. The lowest BCUT2D eigenvalue weighted by Crippen LogP contribution is -2.31. The summed E-state index contributed by atoms with van der Waals surface area (Å²) in [5, 5.41) is 17.9. The van der Waals surface area contributed by atoms with Crippen molar-refractivity contribution in [2.24, 2.45) is 10.4 Å². The molecule has 0 radical (unpaired) electrons. The van der Waals surface area contributed by atoms with Crippen LogP contribution in [0.25, 0.3) is 5.70 Å². The zero-order valence-electron chi connectivity index (χ0n) is 21.3. The summed E-state index contributed by atoms with van der Waals surface area (Å²) in [6.45, 7) is 11.6. The number of hydrogen-bond donors (Lipinski definition) is 3. The van der Waals surface area contributed by atoms with Gasteiger partial charge >= 0.3 is 6.03 Å². The number of aliphatic imine (C=N–C) groups is 1. The average Bonchev–Trinajstić information content (AvgIpc) is 2.80. The van der Waals surface area contributed by atoms with Gasteiger partial charge in [0.25, 0.3) is 0 Å². The second-order valence-electron chi connectivity index (χ2n) is 9.03. The van der Waals surface area contributed by atoms with Crippen molar-refractivity contribution in [1.82, 2.24) is 10.2 Å². The highest BCUT2D eigenvalue weighted by Gasteiger charge is 2.16. The van der Waals surface area contributed by atoms with Gasteiger partial charge in [0.1, 0.15) is 12.4 Å². The zero-order valence-corrected chi connectivity index (χ0v) is 21.3. The maximum Gasteiger partial charge on any atom is 0.319 e. The van der Waals surface area contributed by atoms with Gasteiger partial charge in [-0.3, -0.25) is 4.99 Å². The molecule has 2 aromatic rings. The predicted molar refractivity (Wildman–Crippen MR) is 144 cm³/mol. The molecule has 8 nitrogen and oxygen atoms in total. The molecule has 2 amide bonds. The Morgan fingerprint density at radius 3 is 2.43 bits per heavy atom. The number of hydrogen-bond acceptors (Lipinski definition) is 6. The van der Waals surface area contributed by atoms with Gasteiger partial charge < -0.3 is 25.6 Å². The largest absolute Gasteiger partial charge is 0.492 e. The van der Waals surface area contributed by atoms with Crippen LogP contribution in [0, 0.1) is 16.7 Å². The van der Waals surface area contributed by atoms with Crippen molar-refractivity contribution in [2.75, 3.05) is 44.4 Å². The van der Waals surface area contributed by atoms with Gasteiger partial charge in [-0.25, -0.2) is 4.79 Å². The van der Waals surface area contributed by atoms with Crippen molar-refractivity contribution in [3.63, 3.8) is 0 Å². The van der Waals surface area contributed by atoms with Crippen LogP contribution in [-0.2, 0) is 0 Å². The van der Waals surface area contributed by atoms with E-state index in [-0.39, 0.29) is 6.03 Å². The van der Waals surface area contributed by atoms with Crippen LogP contribution < -0.4 is 20.7 Å². The van der Waals surface area contributed by atoms with E-state index in [1.165, 1.54) is 0 Å². The molecule has 3 N–H and O–H groups in total. The topological polar surface area (TPSA) is 102 Å². The molecule has 0 aliphatic heterocycles. The third-order valence-electron chi connectivity index (χ3n) is 5.15. The van der Waals surface area contributed by atoms with Crippen molar-refractivity contribution in [2.45, 2.75) is 27.2 Å². The molecule has 0 aliphatic rings. The number of benzene rings is 2. The van der Waals surface area contributed by atoms with Crippen molar-refractivity contribution < 1.29 is 9.53 Å². The van der Waals surface area contributed by atoms with E-state index < -0.39 is 5.41 Å². The standard InChI is InChI=1S/C27H36N6O2/c1-7-29-25-18-23(35-17-16-33(5)6)12-13-24(25)20(2)31-21-8-10-22(11-9-21)32-26(34)30-15-14-27(3,4)19-28/h7-13,18,31H,2,14-17H2,1,3-6H3,(H2,30,32,34). The number of likely N-dealkylation sites (N-methyl/N-ethyl adjacent to an activating group) is 1. The summed E-state index contributed by atoms with van der Waals surface area (Å²) < 4.78 is 5.83. The summed E-state index contributed by atoms with van der Waals surface area (Å²) in [5.74, 6) is 0.758. The molecular weight excluding hydrogens is 440 g/mol. The summed E-state index contributed by atoms with van der Waals surface area (Å²) >= 11 is 0. The molecule has 0 fully saturated rings. The van der Waals surface area contributed by atoms with E-state index in [1.54, 1.807) is 18.3 Å². The Balaban J connectivity index is 1.96. The summed E-state index contributed by atoms with van der Waals surface area (Å²) in [4.78, 5) is 18.6. The molecular formula is C27H36N6O2. The number of nitrogens with one attached hydrogen (secondary N) is 3. The molecule has 0 unspecified atom stereocenters. The van der Waals surface area contributed by atoms with Gasteiger partial charge in [-0.1, -0.05) is 6.58 Å². The first-order valence-corrected chi connectivity index (χ1v) is 11.6. The van der Waals surface area contributed by atoms with Gasteiger partial charge in [-0.05, 0) is 77.7 Å². The molecule has 2 aromatic carbocycles. The fourth-order valence-corrected chi connectivity index (χ4v) is 3.05. The summed E-state index contributed by atoms with van der Waals surface area (Å²) in [6.07, 6.45) is 2.32. The number of nitrogens with zero attached hydrogens (tertiary/aromatic N) is 3. The monoisotopic (exact) mass is 476 g/mol. The van der Waals surface area contributed by atoms with Crippen LogP contribution >= 0.6 is 0 Å². The van der Waals surface area contributed by atoms with Crippen molar-refractivity contribution in [1.29, 1.82) is 5.26 Å². The van der Waals surface area contributed by atoms with Crippen LogP contribution in [0.15, 0.2) is 54.0 Å². The predicted octanol–water partition coefficient (Wildman–Crippen LogP) is 5.49. The molecule has 0 aromatic heterocycles. The molecule has 0 saturated carbocycles. The van der Waals surface area contributed by atoms with E-state index in [1.807, 2.05) is 65.2 Å². The van der Waals surface area contributed by atoms with Gasteiger partial charge in [0.2, 0.25) is 0 Å². The number of carbonyl (C=O) groups is 1. The highest BCUT2D eigenvalue weighted by atomic mass is 16.5. The van der Waals surface area contributed by atoms with Crippen LogP contribution in [0.5, 0.6) is 5.75 Å². The van der Waals surface area contributed by atoms with Gasteiger partial charge in [-0.2, -0.15) is 5.26 Å². The maximum absolute atomic E-state index is 12.1. The van der Waals surface area contributed by atoms with Crippen molar-refractivity contribution >= 4 is 35.0 Å². The number of rotatable bonds is 12. The Labute approximate surface area is 208 Å². The van der Waals surface area contributed by atoms with Gasteiger partial charge in [0.05, 0.1) is 17.2 Å². The van der Waals surface area contributed by atoms with Gasteiger partial charge in [-0.15, -0.1) is 0 Å². The lowest BCUT2D eigenvalue weighted by Gasteiger charge is -2.16. The maximum atomic E-state index is 12.1. The fourth-order valence-electron chi connectivity index (χ4n) is 3.05. The summed E-state index contributed by atoms with van der Waals surface area (Å²) in [6, 6.07) is 15.0. The molecule has 35 heavy (non-hydrogen) atoms. The Morgan fingerprint density at radius 2 is 1.83 bits per heavy atom. The molecule has 0 bridgehead atoms. The first-order valence-electron chi connectivity index (χ1n) is 11.6. The summed E-state index contributed by atoms with van der Waals surface area (Å²) in [7, 11) is 4.01. The Hall–Kier alpha value is -3.83. The number of nitriles is 1. The van der Waals surface area contributed by atoms with Crippen LogP contribution in [0.3, 0.4) is 0 Å². The second-order valence-corrected chi connectivity index (χ2v) is 9.03. The molecule has 0 aliphatic carbocycles. The number of urea groups is 1. The van der Waals surface area contributed by atoms with Crippen LogP contribution in [0.1, 0.15) is 32.8 Å². The lowest BCUT2D eigenvalue weighted by atomic mass is 9.92. The average molecular weight is 477 g/mol. The van der Waals surface area contributed by atoms with E-state index in [4.69, 9.17) is 10.00 Å². The molecule has 186 valence electrons.